The van der Waals surface area contributed by atoms with Gasteiger partial charge in [-0.3, -0.25) is 4.68 Å². The number of benzene rings is 1. The third-order valence-corrected chi connectivity index (χ3v) is 3.29. The zero-order valence-corrected chi connectivity index (χ0v) is 11.3. The minimum Gasteiger partial charge on any atom is -0.454 e. The standard InChI is InChI=1S/C14H17N3O3/c1-2-5-17-14(15-8-16-17)7-11(18)10-3-4-12-13(6-10)20-9-19-12/h3-4,6,8,11,18H,2,5,7,9H2,1H3. The molecule has 0 saturated carbocycles. The summed E-state index contributed by atoms with van der Waals surface area (Å²) in [5, 5.41) is 14.5. The van der Waals surface area contributed by atoms with Crippen molar-refractivity contribution in [3.8, 4) is 11.5 Å². The van der Waals surface area contributed by atoms with Crippen molar-refractivity contribution >= 4 is 0 Å². The van der Waals surface area contributed by atoms with Crippen LogP contribution in [0.4, 0.5) is 0 Å². The first kappa shape index (κ1) is 12.9. The lowest BCUT2D eigenvalue weighted by Gasteiger charge is -2.12. The molecule has 0 aliphatic carbocycles. The van der Waals surface area contributed by atoms with Crippen LogP contribution in [0.5, 0.6) is 11.5 Å². The van der Waals surface area contributed by atoms with Crippen molar-refractivity contribution < 1.29 is 14.6 Å². The zero-order chi connectivity index (χ0) is 13.9. The van der Waals surface area contributed by atoms with Crippen molar-refractivity contribution in [2.45, 2.75) is 32.4 Å². The van der Waals surface area contributed by atoms with Crippen molar-refractivity contribution in [1.82, 2.24) is 14.8 Å². The summed E-state index contributed by atoms with van der Waals surface area (Å²) in [5.74, 6) is 2.18. The largest absolute Gasteiger partial charge is 0.454 e. The van der Waals surface area contributed by atoms with Crippen molar-refractivity contribution in [3.63, 3.8) is 0 Å². The summed E-state index contributed by atoms with van der Waals surface area (Å²) in [6.45, 7) is 3.13. The van der Waals surface area contributed by atoms with Crippen LogP contribution in [0.1, 0.15) is 30.8 Å². The van der Waals surface area contributed by atoms with Crippen molar-refractivity contribution in [1.29, 1.82) is 0 Å². The first-order valence-electron chi connectivity index (χ1n) is 6.72. The van der Waals surface area contributed by atoms with Gasteiger partial charge in [0.2, 0.25) is 6.79 Å². The minimum absolute atomic E-state index is 0.236. The fourth-order valence-electron chi connectivity index (χ4n) is 2.26. The highest BCUT2D eigenvalue weighted by molar-refractivity contribution is 5.45. The Morgan fingerprint density at radius 1 is 1.35 bits per heavy atom. The van der Waals surface area contributed by atoms with Crippen LogP contribution >= 0.6 is 0 Å². The molecule has 1 atom stereocenters. The molecule has 0 fully saturated rings. The van der Waals surface area contributed by atoms with Gasteiger partial charge in [0.05, 0.1) is 6.10 Å². The van der Waals surface area contributed by atoms with Crippen LogP contribution in [-0.2, 0) is 13.0 Å². The molecule has 1 N–H and O–H groups in total. The van der Waals surface area contributed by atoms with Crippen LogP contribution < -0.4 is 9.47 Å². The van der Waals surface area contributed by atoms with Gasteiger partial charge in [-0.25, -0.2) is 4.98 Å². The number of fused-ring (bicyclic) bond motifs is 1. The van der Waals surface area contributed by atoms with Crippen LogP contribution in [0.2, 0.25) is 0 Å². The van der Waals surface area contributed by atoms with E-state index in [1.54, 1.807) is 0 Å². The maximum Gasteiger partial charge on any atom is 0.231 e. The molecule has 1 aliphatic heterocycles. The van der Waals surface area contributed by atoms with E-state index in [0.29, 0.717) is 12.2 Å². The quantitative estimate of drug-likeness (QED) is 0.899. The molecular formula is C14H17N3O3. The number of aryl methyl sites for hydroxylation is 1. The van der Waals surface area contributed by atoms with Gasteiger partial charge >= 0.3 is 0 Å². The molecular weight excluding hydrogens is 258 g/mol. The molecule has 3 rings (SSSR count). The number of hydrogen-bond donors (Lipinski definition) is 1. The van der Waals surface area contributed by atoms with Gasteiger partial charge in [0, 0.05) is 13.0 Å². The summed E-state index contributed by atoms with van der Waals surface area (Å²) in [6.07, 6.45) is 2.30. The third-order valence-electron chi connectivity index (χ3n) is 3.29. The van der Waals surface area contributed by atoms with Crippen molar-refractivity contribution in [2.75, 3.05) is 6.79 Å². The third kappa shape index (κ3) is 2.46. The average molecular weight is 275 g/mol. The van der Waals surface area contributed by atoms with E-state index < -0.39 is 6.10 Å². The van der Waals surface area contributed by atoms with Gasteiger partial charge in [-0.15, -0.1) is 0 Å². The molecule has 0 radical (unpaired) electrons. The first-order chi connectivity index (χ1) is 9.78. The van der Waals surface area contributed by atoms with E-state index in [0.717, 1.165) is 30.1 Å². The number of aliphatic hydroxyl groups excluding tert-OH is 1. The number of hydrogen-bond acceptors (Lipinski definition) is 5. The second-order valence-electron chi connectivity index (χ2n) is 4.73. The second kappa shape index (κ2) is 5.50. The van der Waals surface area contributed by atoms with E-state index in [4.69, 9.17) is 9.47 Å². The van der Waals surface area contributed by atoms with E-state index >= 15 is 0 Å². The van der Waals surface area contributed by atoms with Gasteiger partial charge in [0.1, 0.15) is 12.2 Å². The predicted molar refractivity (Wildman–Crippen MR) is 71.5 cm³/mol. The highest BCUT2D eigenvalue weighted by atomic mass is 16.7. The summed E-state index contributed by atoms with van der Waals surface area (Å²) >= 11 is 0. The molecule has 20 heavy (non-hydrogen) atoms. The summed E-state index contributed by atoms with van der Waals surface area (Å²) in [7, 11) is 0. The van der Waals surface area contributed by atoms with Crippen molar-refractivity contribution in [2.24, 2.45) is 0 Å². The zero-order valence-electron chi connectivity index (χ0n) is 11.3. The molecule has 0 saturated heterocycles. The monoisotopic (exact) mass is 275 g/mol. The summed E-state index contributed by atoms with van der Waals surface area (Å²) in [6, 6.07) is 5.48. The topological polar surface area (TPSA) is 69.4 Å². The Kier molecular flexibility index (Phi) is 3.56. The highest BCUT2D eigenvalue weighted by Gasteiger charge is 2.18. The van der Waals surface area contributed by atoms with Gasteiger partial charge in [-0.05, 0) is 24.1 Å². The van der Waals surface area contributed by atoms with Crippen molar-refractivity contribution in [3.05, 3.63) is 35.9 Å². The van der Waals surface area contributed by atoms with Gasteiger partial charge in [-0.2, -0.15) is 5.10 Å². The number of aliphatic hydroxyl groups is 1. The maximum absolute atomic E-state index is 10.3. The van der Waals surface area contributed by atoms with Crippen LogP contribution in [0, 0.1) is 0 Å². The average Bonchev–Trinajstić information content (AvgIpc) is 3.07. The molecule has 6 nitrogen and oxygen atoms in total. The normalized spacial score (nSPS) is 14.5. The van der Waals surface area contributed by atoms with Gasteiger partial charge in [0.15, 0.2) is 11.5 Å². The Hall–Kier alpha value is -2.08. The Balaban J connectivity index is 1.75. The molecule has 0 spiro atoms. The van der Waals surface area contributed by atoms with E-state index in [1.165, 1.54) is 6.33 Å². The lowest BCUT2D eigenvalue weighted by Crippen LogP contribution is -2.10. The van der Waals surface area contributed by atoms with E-state index in [1.807, 2.05) is 22.9 Å². The molecule has 1 aromatic carbocycles. The van der Waals surface area contributed by atoms with Crippen LogP contribution in [0.25, 0.3) is 0 Å². The minimum atomic E-state index is -0.635. The fraction of sp³-hybridized carbons (Fsp3) is 0.429. The molecule has 106 valence electrons. The Labute approximate surface area is 117 Å². The van der Waals surface area contributed by atoms with Crippen LogP contribution in [-0.4, -0.2) is 26.7 Å². The molecule has 2 heterocycles. The predicted octanol–water partition coefficient (Wildman–Crippen LogP) is 1.69. The summed E-state index contributed by atoms with van der Waals surface area (Å²) in [4.78, 5) is 4.21. The summed E-state index contributed by atoms with van der Waals surface area (Å²) < 4.78 is 12.4. The Morgan fingerprint density at radius 3 is 3.05 bits per heavy atom. The highest BCUT2D eigenvalue weighted by Crippen LogP contribution is 2.34. The maximum atomic E-state index is 10.3. The smallest absolute Gasteiger partial charge is 0.231 e. The van der Waals surface area contributed by atoms with Gasteiger partial charge in [0.25, 0.3) is 0 Å². The SMILES string of the molecule is CCCn1ncnc1CC(O)c1ccc2c(c1)OCO2. The Bertz CT molecular complexity index is 597. The van der Waals surface area contributed by atoms with Crippen LogP contribution in [0.15, 0.2) is 24.5 Å². The molecule has 1 aromatic heterocycles. The fourth-order valence-corrected chi connectivity index (χ4v) is 2.26. The molecule has 2 aromatic rings. The lowest BCUT2D eigenvalue weighted by molar-refractivity contribution is 0.170. The van der Waals surface area contributed by atoms with Gasteiger partial charge in [-0.1, -0.05) is 13.0 Å². The van der Waals surface area contributed by atoms with Crippen LogP contribution in [0.3, 0.4) is 0 Å². The number of aromatic nitrogens is 3. The number of ether oxygens (including phenoxy) is 2. The number of rotatable bonds is 5. The summed E-state index contributed by atoms with van der Waals surface area (Å²) in [5.41, 5.74) is 0.792. The Morgan fingerprint density at radius 2 is 2.20 bits per heavy atom. The van der Waals surface area contributed by atoms with E-state index in [-0.39, 0.29) is 6.79 Å². The molecule has 0 bridgehead atoms. The second-order valence-corrected chi connectivity index (χ2v) is 4.73. The molecule has 6 heteroatoms. The number of nitrogens with zero attached hydrogens (tertiary/aromatic N) is 3. The van der Waals surface area contributed by atoms with E-state index in [2.05, 4.69) is 17.0 Å². The van der Waals surface area contributed by atoms with Gasteiger partial charge < -0.3 is 14.6 Å². The molecule has 0 amide bonds. The first-order valence-corrected chi connectivity index (χ1v) is 6.72. The van der Waals surface area contributed by atoms with E-state index in [9.17, 15) is 5.11 Å². The molecule has 1 aliphatic rings. The molecule has 1 unspecified atom stereocenters. The lowest BCUT2D eigenvalue weighted by atomic mass is 10.1.